The molecule has 0 aromatic rings. The lowest BCUT2D eigenvalue weighted by Gasteiger charge is -2.26. The fraction of sp³-hybridized carbons (Fsp3) is 0.778. The highest BCUT2D eigenvalue weighted by atomic mass is 19.1. The van der Waals surface area contributed by atoms with Crippen LogP contribution in [0.1, 0.15) is 19.3 Å². The molecule has 1 aliphatic rings. The molecule has 1 rings (SSSR count). The van der Waals surface area contributed by atoms with Crippen LogP contribution in [0.15, 0.2) is 0 Å². The van der Waals surface area contributed by atoms with Crippen molar-refractivity contribution in [2.75, 3.05) is 13.2 Å². The number of halogens is 1. The van der Waals surface area contributed by atoms with Gasteiger partial charge >= 0.3 is 17.6 Å². The number of carbonyl (C=O) groups is 2. The molecule has 5 nitrogen and oxygen atoms in total. The van der Waals surface area contributed by atoms with E-state index >= 15 is 0 Å². The predicted molar refractivity (Wildman–Crippen MR) is 47.3 cm³/mol. The van der Waals surface area contributed by atoms with Gasteiger partial charge in [0.15, 0.2) is 0 Å². The number of alkyl halides is 1. The van der Waals surface area contributed by atoms with Crippen molar-refractivity contribution in [3.63, 3.8) is 0 Å². The maximum Gasteiger partial charge on any atom is 0.353 e. The maximum atomic E-state index is 13.6. The van der Waals surface area contributed by atoms with Crippen molar-refractivity contribution < 1.29 is 28.9 Å². The van der Waals surface area contributed by atoms with Crippen LogP contribution in [-0.4, -0.2) is 41.0 Å². The molecule has 1 heterocycles. The van der Waals surface area contributed by atoms with E-state index in [2.05, 4.69) is 0 Å². The fourth-order valence-corrected chi connectivity index (χ4v) is 1.63. The predicted octanol–water partition coefficient (Wildman–Crippen LogP) is 0.681. The first-order valence-electron chi connectivity index (χ1n) is 4.70. The minimum Gasteiger partial charge on any atom is -0.478 e. The molecule has 0 spiro atoms. The summed E-state index contributed by atoms with van der Waals surface area (Å²) >= 11 is 0. The van der Waals surface area contributed by atoms with Gasteiger partial charge in [0, 0.05) is 19.6 Å². The number of rotatable bonds is 4. The Labute approximate surface area is 85.8 Å². The van der Waals surface area contributed by atoms with Crippen molar-refractivity contribution >= 4 is 11.9 Å². The SMILES string of the molecule is O=C(O)C(F)(CC1CCCOC1)C(=O)O. The second kappa shape index (κ2) is 4.57. The van der Waals surface area contributed by atoms with Gasteiger partial charge in [0.2, 0.25) is 0 Å². The molecular weight excluding hydrogens is 207 g/mol. The van der Waals surface area contributed by atoms with Crippen LogP contribution in [0.2, 0.25) is 0 Å². The first-order valence-corrected chi connectivity index (χ1v) is 4.70. The van der Waals surface area contributed by atoms with Gasteiger partial charge in [0.1, 0.15) is 0 Å². The Hall–Kier alpha value is -1.17. The van der Waals surface area contributed by atoms with Gasteiger partial charge in [0.25, 0.3) is 0 Å². The van der Waals surface area contributed by atoms with Crippen LogP contribution in [0.25, 0.3) is 0 Å². The zero-order chi connectivity index (χ0) is 11.5. The van der Waals surface area contributed by atoms with E-state index < -0.39 is 24.0 Å². The Bertz CT molecular complexity index is 245. The Balaban J connectivity index is 2.65. The molecule has 0 saturated carbocycles. The van der Waals surface area contributed by atoms with Crippen molar-refractivity contribution in [1.82, 2.24) is 0 Å². The van der Waals surface area contributed by atoms with Crippen molar-refractivity contribution in [1.29, 1.82) is 0 Å². The molecule has 0 radical (unpaired) electrons. The smallest absolute Gasteiger partial charge is 0.353 e. The minimum atomic E-state index is -3.19. The summed E-state index contributed by atoms with van der Waals surface area (Å²) in [5, 5.41) is 17.1. The van der Waals surface area contributed by atoms with Gasteiger partial charge in [-0.3, -0.25) is 0 Å². The van der Waals surface area contributed by atoms with Crippen molar-refractivity contribution in [2.24, 2.45) is 5.92 Å². The summed E-state index contributed by atoms with van der Waals surface area (Å²) in [6, 6.07) is 0. The third kappa shape index (κ3) is 2.65. The molecule has 2 N–H and O–H groups in total. The highest BCUT2D eigenvalue weighted by Gasteiger charge is 2.49. The van der Waals surface area contributed by atoms with Gasteiger partial charge in [-0.25, -0.2) is 14.0 Å². The number of carboxylic acids is 2. The first-order chi connectivity index (χ1) is 6.97. The molecule has 0 bridgehead atoms. The maximum absolute atomic E-state index is 13.6. The normalized spacial score (nSPS) is 22.3. The number of hydrogen-bond donors (Lipinski definition) is 2. The third-order valence-corrected chi connectivity index (χ3v) is 2.50. The molecule has 0 aromatic heterocycles. The molecule has 1 saturated heterocycles. The lowest BCUT2D eigenvalue weighted by molar-refractivity contribution is -0.169. The molecule has 0 aliphatic carbocycles. The highest BCUT2D eigenvalue weighted by Crippen LogP contribution is 2.27. The van der Waals surface area contributed by atoms with Crippen LogP contribution in [0, 0.1) is 5.92 Å². The van der Waals surface area contributed by atoms with Crippen LogP contribution < -0.4 is 0 Å². The molecule has 1 atom stereocenters. The summed E-state index contributed by atoms with van der Waals surface area (Å²) in [6.07, 6.45) is 0.782. The topological polar surface area (TPSA) is 83.8 Å². The Kier molecular flexibility index (Phi) is 3.62. The summed E-state index contributed by atoms with van der Waals surface area (Å²) in [5.41, 5.74) is -3.19. The molecule has 0 aromatic carbocycles. The fourth-order valence-electron chi connectivity index (χ4n) is 1.63. The molecule has 1 fully saturated rings. The van der Waals surface area contributed by atoms with Crippen molar-refractivity contribution in [3.8, 4) is 0 Å². The Morgan fingerprint density at radius 3 is 2.40 bits per heavy atom. The van der Waals surface area contributed by atoms with Crippen LogP contribution in [-0.2, 0) is 14.3 Å². The van der Waals surface area contributed by atoms with Crippen LogP contribution in [0.5, 0.6) is 0 Å². The molecule has 86 valence electrons. The number of aliphatic carboxylic acids is 2. The van der Waals surface area contributed by atoms with Crippen LogP contribution in [0.4, 0.5) is 4.39 Å². The lowest BCUT2D eigenvalue weighted by Crippen LogP contribution is -2.44. The molecule has 1 unspecified atom stereocenters. The second-order valence-corrected chi connectivity index (χ2v) is 3.70. The van der Waals surface area contributed by atoms with E-state index in [9.17, 15) is 14.0 Å². The molecular formula is C9H13FO5. The number of carboxylic acid groups (broad SMARTS) is 2. The van der Waals surface area contributed by atoms with Crippen LogP contribution in [0.3, 0.4) is 0 Å². The van der Waals surface area contributed by atoms with E-state index in [1.54, 1.807) is 0 Å². The van der Waals surface area contributed by atoms with Gasteiger partial charge in [0.05, 0.1) is 0 Å². The highest BCUT2D eigenvalue weighted by molar-refractivity contribution is 6.01. The summed E-state index contributed by atoms with van der Waals surface area (Å²) < 4.78 is 18.6. The molecule has 15 heavy (non-hydrogen) atoms. The number of ether oxygens (including phenoxy) is 1. The standard InChI is InChI=1S/C9H13FO5/c10-9(7(11)12,8(13)14)4-6-2-1-3-15-5-6/h6H,1-5H2,(H,11,12)(H,13,14). The van der Waals surface area contributed by atoms with E-state index in [1.165, 1.54) is 0 Å². The van der Waals surface area contributed by atoms with Crippen molar-refractivity contribution in [2.45, 2.75) is 24.9 Å². The molecule has 1 aliphatic heterocycles. The molecule has 0 amide bonds. The summed E-state index contributed by atoms with van der Waals surface area (Å²) in [7, 11) is 0. The van der Waals surface area contributed by atoms with E-state index in [0.717, 1.165) is 0 Å². The largest absolute Gasteiger partial charge is 0.478 e. The van der Waals surface area contributed by atoms with E-state index in [4.69, 9.17) is 14.9 Å². The first kappa shape index (κ1) is 11.9. The zero-order valence-electron chi connectivity index (χ0n) is 8.11. The summed E-state index contributed by atoms with van der Waals surface area (Å²) in [5.74, 6) is -4.22. The van der Waals surface area contributed by atoms with Crippen molar-refractivity contribution in [3.05, 3.63) is 0 Å². The minimum absolute atomic E-state index is 0.228. The van der Waals surface area contributed by atoms with Gasteiger partial charge < -0.3 is 14.9 Å². The lowest BCUT2D eigenvalue weighted by atomic mass is 9.88. The Morgan fingerprint density at radius 2 is 2.00 bits per heavy atom. The van der Waals surface area contributed by atoms with Gasteiger partial charge in [-0.1, -0.05) is 0 Å². The summed E-state index contributed by atoms with van der Waals surface area (Å²) in [6.45, 7) is 0.794. The Morgan fingerprint density at radius 1 is 1.40 bits per heavy atom. The zero-order valence-corrected chi connectivity index (χ0v) is 8.11. The van der Waals surface area contributed by atoms with E-state index in [-0.39, 0.29) is 12.5 Å². The van der Waals surface area contributed by atoms with E-state index in [0.29, 0.717) is 19.4 Å². The second-order valence-electron chi connectivity index (χ2n) is 3.70. The third-order valence-electron chi connectivity index (χ3n) is 2.50. The van der Waals surface area contributed by atoms with Crippen LogP contribution >= 0.6 is 0 Å². The monoisotopic (exact) mass is 220 g/mol. The average molecular weight is 220 g/mol. The van der Waals surface area contributed by atoms with E-state index in [1.807, 2.05) is 0 Å². The number of hydrogen-bond acceptors (Lipinski definition) is 3. The van der Waals surface area contributed by atoms with Gasteiger partial charge in [-0.15, -0.1) is 0 Å². The van der Waals surface area contributed by atoms with Gasteiger partial charge in [-0.05, 0) is 18.8 Å². The molecule has 6 heteroatoms. The summed E-state index contributed by atoms with van der Waals surface area (Å²) in [4.78, 5) is 21.1. The average Bonchev–Trinajstić information content (AvgIpc) is 2.18. The van der Waals surface area contributed by atoms with Gasteiger partial charge in [-0.2, -0.15) is 0 Å². The quantitative estimate of drug-likeness (QED) is 0.680.